The fourth-order valence-corrected chi connectivity index (χ4v) is 9.91. The molecule has 434 valence electrons. The Bertz CT molecular complexity index is 1410. The number of carbonyl (C=O) groups is 2. The average Bonchev–Trinajstić information content (AvgIpc) is 3.36. The van der Waals surface area contributed by atoms with Gasteiger partial charge in [-0.2, -0.15) is 0 Å². The lowest BCUT2D eigenvalue weighted by Crippen LogP contribution is -2.47. The van der Waals surface area contributed by atoms with Crippen molar-refractivity contribution in [2.45, 2.75) is 309 Å². The number of amides is 1. The number of likely N-dealkylation sites (N-methyl/N-ethyl adjacent to an activating group) is 1. The molecule has 0 aromatic heterocycles. The van der Waals surface area contributed by atoms with Crippen LogP contribution in [-0.4, -0.2) is 69.4 Å². The first kappa shape index (κ1) is 72.0. The van der Waals surface area contributed by atoms with Crippen molar-refractivity contribution in [3.05, 3.63) is 48.6 Å². The SMILES string of the molecule is CC/C=C/C/C=C/C/C=C/CCCCCCCCC(=O)NC(COP(=O)([O-])OCC[N+](C)(C)C)C(/C=C/CCCCCCCCCCCCC)OC(=O)CCCCCCCCCCCCCCCCCCCCC. The predicted octanol–water partition coefficient (Wildman–Crippen LogP) is 18.6. The van der Waals surface area contributed by atoms with Crippen LogP contribution < -0.4 is 10.2 Å². The van der Waals surface area contributed by atoms with Crippen LogP contribution in [0.2, 0.25) is 0 Å². The van der Waals surface area contributed by atoms with Crippen molar-refractivity contribution in [1.82, 2.24) is 5.32 Å². The maximum absolute atomic E-state index is 13.5. The van der Waals surface area contributed by atoms with Gasteiger partial charge in [0, 0.05) is 12.8 Å². The van der Waals surface area contributed by atoms with E-state index in [-0.39, 0.29) is 24.9 Å². The van der Waals surface area contributed by atoms with Crippen molar-refractivity contribution in [2.24, 2.45) is 0 Å². The summed E-state index contributed by atoms with van der Waals surface area (Å²) in [5, 5.41) is 3.03. The molecule has 1 amide bonds. The molecule has 0 fully saturated rings. The summed E-state index contributed by atoms with van der Waals surface area (Å²) >= 11 is 0. The molecule has 0 bridgehead atoms. The molecule has 0 heterocycles. The highest BCUT2D eigenvalue weighted by atomic mass is 31.2. The number of ether oxygens (including phenoxy) is 1. The summed E-state index contributed by atoms with van der Waals surface area (Å²) in [7, 11) is 1.18. The average molecular weight is 1060 g/mol. The first-order valence-corrected chi connectivity index (χ1v) is 32.9. The number of unbranched alkanes of at least 4 members (excludes halogenated alkanes) is 35. The van der Waals surface area contributed by atoms with Crippen LogP contribution in [0, 0.1) is 0 Å². The Labute approximate surface area is 458 Å². The van der Waals surface area contributed by atoms with Crippen LogP contribution in [0.25, 0.3) is 0 Å². The minimum Gasteiger partial charge on any atom is -0.756 e. The van der Waals surface area contributed by atoms with Gasteiger partial charge in [-0.25, -0.2) is 0 Å². The molecular formula is C64H121N2O7P. The highest BCUT2D eigenvalue weighted by molar-refractivity contribution is 7.45. The molecule has 10 heteroatoms. The van der Waals surface area contributed by atoms with Gasteiger partial charge in [-0.05, 0) is 63.9 Å². The molecule has 9 nitrogen and oxygen atoms in total. The van der Waals surface area contributed by atoms with Gasteiger partial charge >= 0.3 is 5.97 Å². The summed E-state index contributed by atoms with van der Waals surface area (Å²) in [5.41, 5.74) is 0. The molecule has 0 aromatic rings. The van der Waals surface area contributed by atoms with Crippen molar-refractivity contribution >= 4 is 19.7 Å². The van der Waals surface area contributed by atoms with Crippen LogP contribution in [0.4, 0.5) is 0 Å². The molecular weight excluding hydrogens is 940 g/mol. The Hall–Kier alpha value is -2.03. The van der Waals surface area contributed by atoms with Crippen LogP contribution >= 0.6 is 7.82 Å². The number of rotatable bonds is 57. The molecule has 0 rings (SSSR count). The predicted molar refractivity (Wildman–Crippen MR) is 316 cm³/mol. The zero-order chi connectivity index (χ0) is 54.3. The van der Waals surface area contributed by atoms with E-state index in [0.29, 0.717) is 17.4 Å². The van der Waals surface area contributed by atoms with Gasteiger partial charge in [-0.15, -0.1) is 0 Å². The Kier molecular flexibility index (Phi) is 52.8. The molecule has 0 radical (unpaired) electrons. The van der Waals surface area contributed by atoms with Crippen LogP contribution in [0.3, 0.4) is 0 Å². The Morgan fingerprint density at radius 2 is 0.865 bits per heavy atom. The molecule has 74 heavy (non-hydrogen) atoms. The fourth-order valence-electron chi connectivity index (χ4n) is 9.19. The van der Waals surface area contributed by atoms with Crippen molar-refractivity contribution in [3.63, 3.8) is 0 Å². The number of hydrogen-bond acceptors (Lipinski definition) is 7. The summed E-state index contributed by atoms with van der Waals surface area (Å²) in [6, 6.07) is -0.893. The lowest BCUT2D eigenvalue weighted by Gasteiger charge is -2.30. The summed E-state index contributed by atoms with van der Waals surface area (Å²) in [4.78, 5) is 40.0. The number of phosphoric acid groups is 1. The lowest BCUT2D eigenvalue weighted by molar-refractivity contribution is -0.870. The molecule has 0 saturated heterocycles. The van der Waals surface area contributed by atoms with Crippen molar-refractivity contribution < 1.29 is 37.3 Å². The van der Waals surface area contributed by atoms with Gasteiger partial charge in [-0.1, -0.05) is 269 Å². The van der Waals surface area contributed by atoms with Crippen molar-refractivity contribution in [2.75, 3.05) is 40.9 Å². The quantitative estimate of drug-likeness (QED) is 0.0212. The number of carbonyl (C=O) groups excluding carboxylic acids is 2. The largest absolute Gasteiger partial charge is 0.756 e. The van der Waals surface area contributed by atoms with E-state index >= 15 is 0 Å². The van der Waals surface area contributed by atoms with E-state index in [0.717, 1.165) is 103 Å². The van der Waals surface area contributed by atoms with Crippen LogP contribution in [-0.2, 0) is 27.9 Å². The van der Waals surface area contributed by atoms with E-state index in [9.17, 15) is 19.0 Å². The number of nitrogens with zero attached hydrogens (tertiary/aromatic N) is 1. The number of quaternary nitrogens is 1. The van der Waals surface area contributed by atoms with Gasteiger partial charge < -0.3 is 28.5 Å². The van der Waals surface area contributed by atoms with E-state index in [2.05, 4.69) is 62.5 Å². The number of allylic oxidation sites excluding steroid dienone is 7. The summed E-state index contributed by atoms with van der Waals surface area (Å²) < 4.78 is 30.3. The van der Waals surface area contributed by atoms with Crippen molar-refractivity contribution in [3.8, 4) is 0 Å². The standard InChI is InChI=1S/C64H121N2O7P/c1-7-10-13-16-19-22-25-28-30-32-33-34-36-39-42-45-48-51-54-57-64(68)73-62(55-52-49-46-43-40-37-27-24-21-18-15-12-9-3)61(60-72-74(69,70)71-59-58-66(4,5)6)65-63(67)56-53-50-47-44-41-38-35-31-29-26-23-20-17-14-11-8-2/h11,14,20,23,29,31,52,55,61-62H,7-10,12-13,15-19,21-22,24-28,30,32-51,53-54,56-60H2,1-6H3,(H-,65,67,69,70)/b14-11+,23-20+,31-29+,55-52+. The van der Waals surface area contributed by atoms with E-state index in [4.69, 9.17) is 13.8 Å². The minimum atomic E-state index is -4.70. The molecule has 0 saturated carbocycles. The highest BCUT2D eigenvalue weighted by Gasteiger charge is 2.27. The molecule has 1 N–H and O–H groups in total. The number of nitrogens with one attached hydrogen (secondary N) is 1. The molecule has 0 aliphatic heterocycles. The van der Waals surface area contributed by atoms with E-state index in [1.165, 1.54) is 161 Å². The number of esters is 1. The fraction of sp³-hybridized carbons (Fsp3) is 0.844. The van der Waals surface area contributed by atoms with Gasteiger partial charge in [0.1, 0.15) is 19.3 Å². The number of hydrogen-bond donors (Lipinski definition) is 1. The Balaban J connectivity index is 5.26. The maximum atomic E-state index is 13.5. The second-order valence-electron chi connectivity index (χ2n) is 22.5. The second kappa shape index (κ2) is 54.3. The lowest BCUT2D eigenvalue weighted by atomic mass is 10.0. The third-order valence-electron chi connectivity index (χ3n) is 14.0. The van der Waals surface area contributed by atoms with Gasteiger partial charge in [0.05, 0.1) is 33.8 Å². The summed E-state index contributed by atoms with van der Waals surface area (Å²) in [6.07, 6.45) is 66.4. The normalized spacial score (nSPS) is 14.0. The summed E-state index contributed by atoms with van der Waals surface area (Å²) in [6.45, 7) is 6.76. The third-order valence-corrected chi connectivity index (χ3v) is 15.0. The zero-order valence-electron chi connectivity index (χ0n) is 49.6. The van der Waals surface area contributed by atoms with E-state index < -0.39 is 26.6 Å². The molecule has 0 aliphatic rings. The van der Waals surface area contributed by atoms with Crippen LogP contribution in [0.1, 0.15) is 297 Å². The third kappa shape index (κ3) is 54.7. The van der Waals surface area contributed by atoms with Crippen LogP contribution in [0.15, 0.2) is 48.6 Å². The Morgan fingerprint density at radius 1 is 0.486 bits per heavy atom. The summed E-state index contributed by atoms with van der Waals surface area (Å²) in [5.74, 6) is -0.544. The maximum Gasteiger partial charge on any atom is 0.306 e. The molecule has 3 unspecified atom stereocenters. The van der Waals surface area contributed by atoms with Gasteiger partial charge in [0.15, 0.2) is 0 Å². The van der Waals surface area contributed by atoms with E-state index in [1.807, 2.05) is 33.3 Å². The van der Waals surface area contributed by atoms with Gasteiger partial charge in [-0.3, -0.25) is 14.2 Å². The first-order chi connectivity index (χ1) is 35.9. The minimum absolute atomic E-state index is 0.0241. The highest BCUT2D eigenvalue weighted by Crippen LogP contribution is 2.38. The number of phosphoric ester groups is 1. The molecule has 3 atom stereocenters. The van der Waals surface area contributed by atoms with Crippen LogP contribution in [0.5, 0.6) is 0 Å². The van der Waals surface area contributed by atoms with Gasteiger partial charge in [0.2, 0.25) is 5.91 Å². The van der Waals surface area contributed by atoms with Crippen molar-refractivity contribution in [1.29, 1.82) is 0 Å². The first-order valence-electron chi connectivity index (χ1n) is 31.4. The van der Waals surface area contributed by atoms with E-state index in [1.54, 1.807) is 0 Å². The zero-order valence-corrected chi connectivity index (χ0v) is 50.4. The van der Waals surface area contributed by atoms with Gasteiger partial charge in [0.25, 0.3) is 7.82 Å². The molecule has 0 spiro atoms. The Morgan fingerprint density at radius 3 is 1.30 bits per heavy atom. The topological polar surface area (TPSA) is 114 Å². The molecule has 0 aromatic carbocycles. The monoisotopic (exact) mass is 1060 g/mol. The molecule has 0 aliphatic carbocycles. The second-order valence-corrected chi connectivity index (χ2v) is 23.9. The smallest absolute Gasteiger partial charge is 0.306 e.